The van der Waals surface area contributed by atoms with Crippen LogP contribution < -0.4 is 4.74 Å². The van der Waals surface area contributed by atoms with Crippen molar-refractivity contribution in [3.63, 3.8) is 0 Å². The summed E-state index contributed by atoms with van der Waals surface area (Å²) >= 11 is 12.2. The third-order valence-electron chi connectivity index (χ3n) is 4.30. The van der Waals surface area contributed by atoms with Gasteiger partial charge in [-0.25, -0.2) is 0 Å². The summed E-state index contributed by atoms with van der Waals surface area (Å²) in [6, 6.07) is 5.70. The van der Waals surface area contributed by atoms with Gasteiger partial charge in [0.05, 0.1) is 12.7 Å². The number of nitrogens with zero attached hydrogens (tertiary/aromatic N) is 1. The van der Waals surface area contributed by atoms with E-state index in [4.69, 9.17) is 27.9 Å². The second-order valence-electron chi connectivity index (χ2n) is 5.51. The van der Waals surface area contributed by atoms with Crippen molar-refractivity contribution in [3.05, 3.63) is 28.8 Å². The molecule has 0 N–H and O–H groups in total. The molecule has 2 fully saturated rings. The van der Waals surface area contributed by atoms with Crippen molar-refractivity contribution in [2.75, 3.05) is 7.11 Å². The number of carbonyl (C=O) groups is 1. The molecule has 0 aliphatic carbocycles. The Morgan fingerprint density at radius 2 is 1.95 bits per heavy atom. The van der Waals surface area contributed by atoms with E-state index in [0.29, 0.717) is 16.3 Å². The number of methoxy groups -OCH3 is 1. The summed E-state index contributed by atoms with van der Waals surface area (Å²) in [6.45, 7) is 0. The summed E-state index contributed by atoms with van der Waals surface area (Å²) in [5.41, 5.74) is 0.585. The Labute approximate surface area is 128 Å². The van der Waals surface area contributed by atoms with Crippen molar-refractivity contribution in [1.29, 1.82) is 0 Å². The fourth-order valence-corrected chi connectivity index (χ4v) is 4.00. The summed E-state index contributed by atoms with van der Waals surface area (Å²) in [7, 11) is 1.56. The fourth-order valence-electron chi connectivity index (χ4n) is 3.42. The third-order valence-corrected chi connectivity index (χ3v) is 4.90. The Balaban J connectivity index is 1.90. The number of amides is 1. The maximum absolute atomic E-state index is 12.8. The molecule has 1 aromatic rings. The van der Waals surface area contributed by atoms with Crippen LogP contribution in [0.1, 0.15) is 36.0 Å². The van der Waals surface area contributed by atoms with Crippen LogP contribution >= 0.6 is 23.2 Å². The van der Waals surface area contributed by atoms with E-state index in [1.165, 1.54) is 0 Å². The second-order valence-corrected chi connectivity index (χ2v) is 6.56. The van der Waals surface area contributed by atoms with Crippen LogP contribution in [-0.4, -0.2) is 35.4 Å². The topological polar surface area (TPSA) is 29.5 Å². The van der Waals surface area contributed by atoms with Gasteiger partial charge in [-0.2, -0.15) is 0 Å². The summed E-state index contributed by atoms with van der Waals surface area (Å²) in [4.78, 5) is 14.8. The SMILES string of the molecule is COc1cc(Cl)ccc1C(=O)N1C2CCC1CC(Cl)C2. The zero-order valence-corrected chi connectivity index (χ0v) is 12.8. The van der Waals surface area contributed by atoms with Crippen LogP contribution in [0.3, 0.4) is 0 Å². The van der Waals surface area contributed by atoms with Gasteiger partial charge in [-0.3, -0.25) is 4.79 Å². The lowest BCUT2D eigenvalue weighted by Gasteiger charge is -2.37. The Morgan fingerprint density at radius 1 is 1.30 bits per heavy atom. The normalized spacial score (nSPS) is 28.6. The number of ether oxygens (including phenoxy) is 1. The largest absolute Gasteiger partial charge is 0.496 e. The lowest BCUT2D eigenvalue weighted by molar-refractivity contribution is 0.0596. The van der Waals surface area contributed by atoms with Crippen LogP contribution in [0.2, 0.25) is 5.02 Å². The monoisotopic (exact) mass is 313 g/mol. The van der Waals surface area contributed by atoms with Crippen LogP contribution in [0.4, 0.5) is 0 Å². The van der Waals surface area contributed by atoms with E-state index in [1.54, 1.807) is 25.3 Å². The standard InChI is InChI=1S/C15H17Cl2NO2/c1-20-14-8-9(16)2-5-13(14)15(19)18-11-3-4-12(18)7-10(17)6-11/h2,5,8,10-12H,3-4,6-7H2,1H3. The van der Waals surface area contributed by atoms with E-state index in [9.17, 15) is 4.79 Å². The highest BCUT2D eigenvalue weighted by molar-refractivity contribution is 6.30. The van der Waals surface area contributed by atoms with Crippen molar-refractivity contribution in [2.24, 2.45) is 0 Å². The number of benzene rings is 1. The third kappa shape index (κ3) is 2.38. The van der Waals surface area contributed by atoms with Crippen LogP contribution in [0.25, 0.3) is 0 Å². The Kier molecular flexibility index (Phi) is 3.83. The second kappa shape index (κ2) is 5.45. The average molecular weight is 314 g/mol. The van der Waals surface area contributed by atoms with E-state index >= 15 is 0 Å². The lowest BCUT2D eigenvalue weighted by atomic mass is 10.0. The molecule has 2 aliphatic rings. The zero-order valence-electron chi connectivity index (χ0n) is 11.3. The molecule has 0 radical (unpaired) electrons. The molecule has 2 heterocycles. The number of fused-ring (bicyclic) bond motifs is 2. The number of hydrogen-bond acceptors (Lipinski definition) is 2. The molecule has 2 bridgehead atoms. The van der Waals surface area contributed by atoms with Gasteiger partial charge in [0.25, 0.3) is 5.91 Å². The van der Waals surface area contributed by atoms with Gasteiger partial charge in [-0.05, 0) is 43.9 Å². The zero-order chi connectivity index (χ0) is 14.3. The van der Waals surface area contributed by atoms with E-state index in [2.05, 4.69) is 0 Å². The molecule has 2 unspecified atom stereocenters. The van der Waals surface area contributed by atoms with Crippen molar-refractivity contribution in [1.82, 2.24) is 4.90 Å². The first-order valence-corrected chi connectivity index (χ1v) is 7.72. The molecule has 2 atom stereocenters. The van der Waals surface area contributed by atoms with Gasteiger partial charge < -0.3 is 9.64 Å². The van der Waals surface area contributed by atoms with Gasteiger partial charge in [0, 0.05) is 22.5 Å². The van der Waals surface area contributed by atoms with Crippen molar-refractivity contribution >= 4 is 29.1 Å². The molecule has 5 heteroatoms. The van der Waals surface area contributed by atoms with Crippen LogP contribution in [0, 0.1) is 0 Å². The van der Waals surface area contributed by atoms with Gasteiger partial charge in [-0.15, -0.1) is 11.6 Å². The van der Waals surface area contributed by atoms with Crippen molar-refractivity contribution in [2.45, 2.75) is 43.1 Å². The molecule has 0 saturated carbocycles. The van der Waals surface area contributed by atoms with E-state index in [-0.39, 0.29) is 23.4 Å². The smallest absolute Gasteiger partial charge is 0.258 e. The minimum atomic E-state index is 0.0367. The van der Waals surface area contributed by atoms with Gasteiger partial charge in [0.15, 0.2) is 0 Å². The molecule has 108 valence electrons. The number of hydrogen-bond donors (Lipinski definition) is 0. The van der Waals surface area contributed by atoms with Crippen LogP contribution in [0.15, 0.2) is 18.2 Å². The highest BCUT2D eigenvalue weighted by Gasteiger charge is 2.43. The molecular weight excluding hydrogens is 297 g/mol. The van der Waals surface area contributed by atoms with Crippen molar-refractivity contribution in [3.8, 4) is 5.75 Å². The number of piperidine rings is 1. The van der Waals surface area contributed by atoms with Gasteiger partial charge in [0.2, 0.25) is 0 Å². The van der Waals surface area contributed by atoms with E-state index in [0.717, 1.165) is 25.7 Å². The number of rotatable bonds is 2. The predicted octanol–water partition coefficient (Wildman–Crippen LogP) is 3.72. The summed E-state index contributed by atoms with van der Waals surface area (Å²) in [5, 5.41) is 0.768. The molecule has 20 heavy (non-hydrogen) atoms. The van der Waals surface area contributed by atoms with Gasteiger partial charge >= 0.3 is 0 Å². The molecule has 3 nitrogen and oxygen atoms in total. The molecular formula is C15H17Cl2NO2. The predicted molar refractivity (Wildman–Crippen MR) is 79.9 cm³/mol. The lowest BCUT2D eigenvalue weighted by Crippen LogP contribution is -2.47. The molecule has 0 aromatic heterocycles. The molecule has 2 saturated heterocycles. The molecule has 1 amide bonds. The minimum Gasteiger partial charge on any atom is -0.496 e. The fraction of sp³-hybridized carbons (Fsp3) is 0.533. The molecule has 2 aliphatic heterocycles. The summed E-state index contributed by atoms with van der Waals surface area (Å²) in [5.74, 6) is 0.574. The van der Waals surface area contributed by atoms with Crippen LogP contribution in [0.5, 0.6) is 5.75 Å². The highest BCUT2D eigenvalue weighted by Crippen LogP contribution is 2.39. The Hall–Kier alpha value is -0.930. The van der Waals surface area contributed by atoms with E-state index in [1.807, 2.05) is 4.90 Å². The number of halogens is 2. The van der Waals surface area contributed by atoms with E-state index < -0.39 is 0 Å². The minimum absolute atomic E-state index is 0.0367. The quantitative estimate of drug-likeness (QED) is 0.779. The molecule has 0 spiro atoms. The molecule has 3 rings (SSSR count). The Morgan fingerprint density at radius 3 is 2.55 bits per heavy atom. The number of carbonyl (C=O) groups excluding carboxylic acids is 1. The number of alkyl halides is 1. The first-order valence-electron chi connectivity index (χ1n) is 6.90. The highest BCUT2D eigenvalue weighted by atomic mass is 35.5. The maximum Gasteiger partial charge on any atom is 0.258 e. The first kappa shape index (κ1) is 14.0. The summed E-state index contributed by atoms with van der Waals surface area (Å²) in [6.07, 6.45) is 3.88. The molecule has 1 aromatic carbocycles. The van der Waals surface area contributed by atoms with Crippen molar-refractivity contribution < 1.29 is 9.53 Å². The first-order chi connectivity index (χ1) is 9.60. The Bertz CT molecular complexity index is 521. The van der Waals surface area contributed by atoms with Crippen LogP contribution in [-0.2, 0) is 0 Å². The maximum atomic E-state index is 12.8. The van der Waals surface area contributed by atoms with Gasteiger partial charge in [-0.1, -0.05) is 11.6 Å². The van der Waals surface area contributed by atoms with Gasteiger partial charge in [0.1, 0.15) is 5.75 Å². The average Bonchev–Trinajstić information content (AvgIpc) is 2.70. The summed E-state index contributed by atoms with van der Waals surface area (Å²) < 4.78 is 5.29.